The van der Waals surface area contributed by atoms with Crippen LogP contribution in [-0.2, 0) is 0 Å². The van der Waals surface area contributed by atoms with E-state index < -0.39 is 7.92 Å². The van der Waals surface area contributed by atoms with Gasteiger partial charge in [0.05, 0.1) is 11.4 Å². The first-order chi connectivity index (χ1) is 15.0. The molecule has 0 aliphatic carbocycles. The summed E-state index contributed by atoms with van der Waals surface area (Å²) in [6.45, 7) is 6.53. The molecule has 3 N–H and O–H groups in total. The molecule has 0 saturated heterocycles. The Hall–Kier alpha value is -2.98. The Morgan fingerprint density at radius 2 is 1.74 bits per heavy atom. The van der Waals surface area contributed by atoms with Gasteiger partial charge < -0.3 is 5.73 Å². The van der Waals surface area contributed by atoms with Gasteiger partial charge in [-0.1, -0.05) is 74.9 Å². The summed E-state index contributed by atoms with van der Waals surface area (Å²) in [5, 5.41) is 14.7. The van der Waals surface area contributed by atoms with Gasteiger partial charge in [-0.25, -0.2) is 5.10 Å². The van der Waals surface area contributed by atoms with Gasteiger partial charge in [-0.3, -0.25) is 9.48 Å². The Balaban J connectivity index is 1.81. The molecule has 6 nitrogen and oxygen atoms in total. The molecule has 4 rings (SSSR count). The molecule has 31 heavy (non-hydrogen) atoms. The van der Waals surface area contributed by atoms with Crippen molar-refractivity contribution >= 4 is 35.3 Å². The fourth-order valence-electron chi connectivity index (χ4n) is 4.06. The van der Waals surface area contributed by atoms with E-state index in [1.54, 1.807) is 0 Å². The SMILES string of the molecule is CCCC(CC)n1nc(-c2ccc(P(C)c3ccccc3)cc2)c2c(N)n[nH]c(=O)c21. The third-order valence-corrected chi connectivity index (χ3v) is 7.92. The lowest BCUT2D eigenvalue weighted by molar-refractivity contribution is 0.421. The molecule has 0 amide bonds. The molecule has 2 atom stereocenters. The van der Waals surface area contributed by atoms with Crippen molar-refractivity contribution < 1.29 is 0 Å². The van der Waals surface area contributed by atoms with Gasteiger partial charge in [0.15, 0.2) is 5.82 Å². The van der Waals surface area contributed by atoms with Crippen LogP contribution in [0.4, 0.5) is 5.82 Å². The Bertz CT molecular complexity index is 1230. The first-order valence-electron chi connectivity index (χ1n) is 10.7. The zero-order valence-corrected chi connectivity index (χ0v) is 19.1. The number of benzene rings is 2. The minimum Gasteiger partial charge on any atom is -0.382 e. The number of anilines is 1. The van der Waals surface area contributed by atoms with Crippen LogP contribution in [-0.4, -0.2) is 26.6 Å². The van der Waals surface area contributed by atoms with Crippen LogP contribution < -0.4 is 21.9 Å². The summed E-state index contributed by atoms with van der Waals surface area (Å²) < 4.78 is 1.86. The average Bonchev–Trinajstić information content (AvgIpc) is 3.22. The van der Waals surface area contributed by atoms with Gasteiger partial charge in [0.25, 0.3) is 5.56 Å². The number of nitrogen functional groups attached to an aromatic ring is 1. The molecule has 160 valence electrons. The summed E-state index contributed by atoms with van der Waals surface area (Å²) in [5.74, 6) is 0.299. The summed E-state index contributed by atoms with van der Waals surface area (Å²) in [4.78, 5) is 12.7. The summed E-state index contributed by atoms with van der Waals surface area (Å²) >= 11 is 0. The fraction of sp³-hybridized carbons (Fsp3) is 0.292. The van der Waals surface area contributed by atoms with Crippen LogP contribution in [0.2, 0.25) is 0 Å². The van der Waals surface area contributed by atoms with Gasteiger partial charge in [0, 0.05) is 5.56 Å². The van der Waals surface area contributed by atoms with E-state index in [0.29, 0.717) is 22.4 Å². The average molecular weight is 433 g/mol. The lowest BCUT2D eigenvalue weighted by Gasteiger charge is -2.15. The molecule has 4 aromatic rings. The van der Waals surface area contributed by atoms with Crippen molar-refractivity contribution in [2.45, 2.75) is 39.2 Å². The number of nitrogens with two attached hydrogens (primary N) is 1. The largest absolute Gasteiger partial charge is 0.382 e. The molecule has 2 heterocycles. The number of aromatic amines is 1. The Labute approximate surface area is 183 Å². The van der Waals surface area contributed by atoms with Crippen LogP contribution >= 0.6 is 7.92 Å². The molecule has 2 unspecified atom stereocenters. The smallest absolute Gasteiger partial charge is 0.290 e. The van der Waals surface area contributed by atoms with Crippen LogP contribution in [0.5, 0.6) is 0 Å². The normalized spacial score (nSPS) is 13.4. The summed E-state index contributed by atoms with van der Waals surface area (Å²) in [6.07, 6.45) is 2.86. The van der Waals surface area contributed by atoms with E-state index >= 15 is 0 Å². The number of nitrogens with zero attached hydrogens (tertiary/aromatic N) is 3. The van der Waals surface area contributed by atoms with Gasteiger partial charge in [-0.15, -0.1) is 0 Å². The summed E-state index contributed by atoms with van der Waals surface area (Å²) in [5.41, 5.74) is 8.12. The molecule has 0 bridgehead atoms. The lowest BCUT2D eigenvalue weighted by atomic mass is 10.1. The van der Waals surface area contributed by atoms with Crippen molar-refractivity contribution in [3.8, 4) is 11.3 Å². The maximum Gasteiger partial charge on any atom is 0.290 e. The van der Waals surface area contributed by atoms with Gasteiger partial charge in [0.1, 0.15) is 11.2 Å². The highest BCUT2D eigenvalue weighted by Gasteiger charge is 2.22. The molecule has 0 fully saturated rings. The topological polar surface area (TPSA) is 89.6 Å². The Morgan fingerprint density at radius 3 is 2.39 bits per heavy atom. The van der Waals surface area contributed by atoms with Crippen molar-refractivity contribution in [3.05, 3.63) is 65.0 Å². The van der Waals surface area contributed by atoms with E-state index in [2.05, 4.69) is 79.2 Å². The van der Waals surface area contributed by atoms with Crippen LogP contribution in [0.1, 0.15) is 39.2 Å². The number of hydrogen-bond donors (Lipinski definition) is 2. The third-order valence-electron chi connectivity index (χ3n) is 5.77. The second kappa shape index (κ2) is 9.03. The van der Waals surface area contributed by atoms with Crippen LogP contribution in [0, 0.1) is 0 Å². The minimum atomic E-state index is -0.428. The molecular formula is C24H28N5OP. The highest BCUT2D eigenvalue weighted by molar-refractivity contribution is 7.72. The number of aromatic nitrogens is 4. The van der Waals surface area contributed by atoms with Gasteiger partial charge in [-0.05, 0) is 38.0 Å². The zero-order chi connectivity index (χ0) is 22.0. The predicted molar refractivity (Wildman–Crippen MR) is 131 cm³/mol. The van der Waals surface area contributed by atoms with Crippen molar-refractivity contribution in [1.82, 2.24) is 20.0 Å². The summed E-state index contributed by atoms with van der Waals surface area (Å²) in [6, 6.07) is 19.1. The molecule has 7 heteroatoms. The molecule has 2 aromatic carbocycles. The maximum atomic E-state index is 12.7. The second-order valence-electron chi connectivity index (χ2n) is 7.75. The Morgan fingerprint density at radius 1 is 1.06 bits per heavy atom. The highest BCUT2D eigenvalue weighted by Crippen LogP contribution is 2.34. The van der Waals surface area contributed by atoms with Crippen molar-refractivity contribution in [2.24, 2.45) is 0 Å². The highest BCUT2D eigenvalue weighted by atomic mass is 31.1. The van der Waals surface area contributed by atoms with Crippen molar-refractivity contribution in [3.63, 3.8) is 0 Å². The predicted octanol–water partition coefficient (Wildman–Crippen LogP) is 4.18. The Kier molecular flexibility index (Phi) is 6.19. The van der Waals surface area contributed by atoms with E-state index in [-0.39, 0.29) is 11.6 Å². The first kappa shape index (κ1) is 21.3. The molecular weight excluding hydrogens is 405 g/mol. The van der Waals surface area contributed by atoms with Crippen molar-refractivity contribution in [2.75, 3.05) is 12.4 Å². The maximum absolute atomic E-state index is 12.7. The van der Waals surface area contributed by atoms with Crippen LogP contribution in [0.15, 0.2) is 59.4 Å². The number of H-pyrrole nitrogens is 1. The fourth-order valence-corrected chi connectivity index (χ4v) is 5.57. The van der Waals surface area contributed by atoms with Gasteiger partial charge >= 0.3 is 0 Å². The lowest BCUT2D eigenvalue weighted by Crippen LogP contribution is -2.18. The van der Waals surface area contributed by atoms with E-state index in [4.69, 9.17) is 10.8 Å². The number of rotatable bonds is 7. The van der Waals surface area contributed by atoms with Crippen LogP contribution in [0.3, 0.4) is 0 Å². The number of nitrogens with one attached hydrogen (secondary N) is 1. The molecule has 0 radical (unpaired) electrons. The van der Waals surface area contributed by atoms with E-state index in [0.717, 1.165) is 24.8 Å². The number of hydrogen-bond acceptors (Lipinski definition) is 4. The van der Waals surface area contributed by atoms with Gasteiger partial charge in [0.2, 0.25) is 0 Å². The standard InChI is InChI=1S/C24H28N5OP/c1-4-9-17(5-2)29-22-20(23(25)26-27-24(22)30)21(28-29)16-12-14-19(15-13-16)31(3)18-10-7-6-8-11-18/h6-8,10-15,17H,4-5,9H2,1-3H3,(H2,25,26)(H,27,30). The minimum absolute atomic E-state index is 0.144. The molecule has 0 aliphatic rings. The molecule has 2 aromatic heterocycles. The van der Waals surface area contributed by atoms with E-state index in [1.807, 2.05) is 10.7 Å². The summed E-state index contributed by atoms with van der Waals surface area (Å²) in [7, 11) is -0.428. The molecule has 0 aliphatic heterocycles. The molecule has 0 spiro atoms. The van der Waals surface area contributed by atoms with E-state index in [1.165, 1.54) is 10.6 Å². The third kappa shape index (κ3) is 4.00. The van der Waals surface area contributed by atoms with Crippen molar-refractivity contribution in [1.29, 1.82) is 0 Å². The first-order valence-corrected chi connectivity index (χ1v) is 12.5. The van der Waals surface area contributed by atoms with E-state index in [9.17, 15) is 4.79 Å². The molecule has 0 saturated carbocycles. The quantitative estimate of drug-likeness (QED) is 0.428. The number of fused-ring (bicyclic) bond motifs is 1. The second-order valence-corrected chi connectivity index (χ2v) is 9.90. The monoisotopic (exact) mass is 433 g/mol. The van der Waals surface area contributed by atoms with Gasteiger partial charge in [-0.2, -0.15) is 10.2 Å². The zero-order valence-electron chi connectivity index (χ0n) is 18.2. The van der Waals surface area contributed by atoms with Crippen LogP contribution in [0.25, 0.3) is 22.2 Å².